The minimum Gasteiger partial charge on any atom is -0.412 e. The number of hydrogen-bond acceptors (Lipinski definition) is 8. The van der Waals surface area contributed by atoms with Gasteiger partial charge in [-0.2, -0.15) is 0 Å². The maximum atomic E-state index is 11.7. The van der Waals surface area contributed by atoms with E-state index in [9.17, 15) is 14.4 Å². The molecule has 0 aromatic rings. The molecule has 32 heavy (non-hydrogen) atoms. The van der Waals surface area contributed by atoms with E-state index in [1.54, 1.807) is 0 Å². The number of aliphatic hydroxyl groups excluding tert-OH is 2. The van der Waals surface area contributed by atoms with Gasteiger partial charge >= 0.3 is 17.9 Å². The van der Waals surface area contributed by atoms with Gasteiger partial charge in [-0.25, -0.2) is 0 Å². The summed E-state index contributed by atoms with van der Waals surface area (Å²) in [4.78, 5) is 35.1. The van der Waals surface area contributed by atoms with Crippen LogP contribution < -0.4 is 0 Å². The van der Waals surface area contributed by atoms with E-state index in [4.69, 9.17) is 25.1 Å². The fraction of sp³-hybridized carbons (Fsp3) is 0.833. The Morgan fingerprint density at radius 2 is 0.812 bits per heavy atom. The minimum absolute atomic E-state index is 0.0729. The molecular weight excluding hydrogens is 414 g/mol. The van der Waals surface area contributed by atoms with Crippen molar-refractivity contribution in [3.63, 3.8) is 0 Å². The van der Waals surface area contributed by atoms with Gasteiger partial charge in [-0.3, -0.25) is 19.8 Å². The molecule has 0 amide bonds. The van der Waals surface area contributed by atoms with Crippen LogP contribution in [0.4, 0.5) is 0 Å². The topological polar surface area (TPSA) is 134 Å². The van der Waals surface area contributed by atoms with Gasteiger partial charge in [0, 0.05) is 32.5 Å². The van der Waals surface area contributed by atoms with Gasteiger partial charge in [-0.15, -0.1) is 0 Å². The Morgan fingerprint density at radius 1 is 0.469 bits per heavy atom. The van der Waals surface area contributed by atoms with E-state index in [1.165, 1.54) is 0 Å². The molecule has 0 aromatic carbocycles. The smallest absolute Gasteiger partial charge is 0.313 e. The normalized spacial score (nSPS) is 10.7. The fourth-order valence-electron chi connectivity index (χ4n) is 3.21. The molecule has 0 heterocycles. The van der Waals surface area contributed by atoms with Crippen LogP contribution >= 0.6 is 0 Å². The highest BCUT2D eigenvalue weighted by Gasteiger charge is 2.13. The second-order valence-electron chi connectivity index (χ2n) is 8.14. The first-order valence-electron chi connectivity index (χ1n) is 12.2. The van der Waals surface area contributed by atoms with Crippen molar-refractivity contribution in [2.75, 3.05) is 13.2 Å². The van der Waals surface area contributed by atoms with Gasteiger partial charge < -0.3 is 19.7 Å². The summed E-state index contributed by atoms with van der Waals surface area (Å²) in [5.74, 6) is -2.03. The zero-order valence-electron chi connectivity index (χ0n) is 19.6. The van der Waals surface area contributed by atoms with Crippen molar-refractivity contribution in [1.29, 1.82) is 5.41 Å². The molecule has 0 unspecified atom stereocenters. The number of esters is 3. The van der Waals surface area contributed by atoms with Crippen molar-refractivity contribution in [3.05, 3.63) is 0 Å². The van der Waals surface area contributed by atoms with Crippen LogP contribution in [0.25, 0.3) is 0 Å². The van der Waals surface area contributed by atoms with E-state index in [2.05, 4.69) is 0 Å². The highest BCUT2D eigenvalue weighted by atomic mass is 16.6. The van der Waals surface area contributed by atoms with Crippen molar-refractivity contribution in [2.24, 2.45) is 0 Å². The first kappa shape index (κ1) is 30.2. The van der Waals surface area contributed by atoms with Crippen LogP contribution in [0.2, 0.25) is 0 Å². The number of nitrogens with one attached hydrogen (secondary N) is 1. The monoisotopic (exact) mass is 457 g/mol. The predicted molar refractivity (Wildman–Crippen MR) is 122 cm³/mol. The Labute approximate surface area is 192 Å². The van der Waals surface area contributed by atoms with Crippen molar-refractivity contribution in [3.8, 4) is 0 Å². The molecule has 0 aromatic heterocycles. The Kier molecular flexibility index (Phi) is 21.1. The summed E-state index contributed by atoms with van der Waals surface area (Å²) in [6, 6.07) is 0. The van der Waals surface area contributed by atoms with E-state index in [-0.39, 0.29) is 44.8 Å². The van der Waals surface area contributed by atoms with Crippen LogP contribution in [-0.2, 0) is 23.9 Å². The van der Waals surface area contributed by atoms with E-state index in [0.717, 1.165) is 77.0 Å². The first-order valence-corrected chi connectivity index (χ1v) is 12.2. The highest BCUT2D eigenvalue weighted by Crippen LogP contribution is 2.11. The van der Waals surface area contributed by atoms with Crippen LogP contribution in [0.1, 0.15) is 116 Å². The molecular formula is C24H43NO7. The third-order valence-corrected chi connectivity index (χ3v) is 5.10. The lowest BCUT2D eigenvalue weighted by atomic mass is 10.1. The summed E-state index contributed by atoms with van der Waals surface area (Å²) >= 11 is 0. The summed E-state index contributed by atoms with van der Waals surface area (Å²) in [5.41, 5.74) is 0. The number of aliphatic hydroxyl groups is 2. The van der Waals surface area contributed by atoms with Gasteiger partial charge in [0.05, 0.1) is 6.42 Å². The van der Waals surface area contributed by atoms with Gasteiger partial charge in [0.1, 0.15) is 0 Å². The Balaban J connectivity index is 3.63. The number of unbranched alkanes of at least 4 members (excludes halogenated alkanes) is 12. The third kappa shape index (κ3) is 21.4. The van der Waals surface area contributed by atoms with E-state index in [1.807, 2.05) is 0 Å². The van der Waals surface area contributed by atoms with Gasteiger partial charge in [-0.05, 0) is 25.7 Å². The molecule has 0 aliphatic carbocycles. The number of hydrogen-bond donors (Lipinski definition) is 3. The van der Waals surface area contributed by atoms with Crippen molar-refractivity contribution < 1.29 is 34.1 Å². The van der Waals surface area contributed by atoms with Crippen molar-refractivity contribution >= 4 is 23.8 Å². The average molecular weight is 458 g/mol. The van der Waals surface area contributed by atoms with Crippen LogP contribution in [0.3, 0.4) is 0 Å². The van der Waals surface area contributed by atoms with E-state index in [0.29, 0.717) is 12.8 Å². The molecule has 0 spiro atoms. The summed E-state index contributed by atoms with van der Waals surface area (Å²) in [7, 11) is 0. The fourth-order valence-corrected chi connectivity index (χ4v) is 3.21. The molecule has 8 heteroatoms. The number of carbonyl (C=O) groups is 3. The van der Waals surface area contributed by atoms with Crippen molar-refractivity contribution in [2.45, 2.75) is 116 Å². The minimum atomic E-state index is -0.707. The molecule has 0 fully saturated rings. The number of ether oxygens (including phenoxy) is 2. The first-order chi connectivity index (χ1) is 15.5. The maximum absolute atomic E-state index is 11.7. The summed E-state index contributed by atoms with van der Waals surface area (Å²) < 4.78 is 9.64. The summed E-state index contributed by atoms with van der Waals surface area (Å²) in [6.45, 7) is 0.467. The molecule has 0 radical (unpaired) electrons. The zero-order chi connectivity index (χ0) is 23.9. The Bertz CT molecular complexity index is 476. The number of rotatable bonds is 21. The molecule has 0 rings (SSSR count). The lowest BCUT2D eigenvalue weighted by Crippen LogP contribution is -2.16. The molecule has 0 aliphatic heterocycles. The molecule has 8 nitrogen and oxygen atoms in total. The molecule has 0 saturated carbocycles. The molecule has 0 aliphatic rings. The second-order valence-corrected chi connectivity index (χ2v) is 8.14. The SMILES string of the molecule is N=C(CCC(=O)OC(=O)CCCCCCCCCO)OC(=O)CCCCCCCCCO. The molecule has 186 valence electrons. The van der Waals surface area contributed by atoms with Crippen LogP contribution in [0, 0.1) is 5.41 Å². The van der Waals surface area contributed by atoms with Gasteiger partial charge in [-0.1, -0.05) is 64.2 Å². The summed E-state index contributed by atoms with van der Waals surface area (Å²) in [5, 5.41) is 25.1. The van der Waals surface area contributed by atoms with Crippen LogP contribution in [0.15, 0.2) is 0 Å². The largest absolute Gasteiger partial charge is 0.412 e. The standard InChI is InChI=1S/C24H43NO7/c25-21(31-22(28)15-11-7-3-1-5-9-13-19-26)17-18-24(30)32-23(29)16-12-8-4-2-6-10-14-20-27/h25-27H,1-20H2. The molecule has 0 saturated heterocycles. The third-order valence-electron chi connectivity index (χ3n) is 5.10. The van der Waals surface area contributed by atoms with Crippen LogP contribution in [0.5, 0.6) is 0 Å². The average Bonchev–Trinajstić information content (AvgIpc) is 2.76. The van der Waals surface area contributed by atoms with E-state index < -0.39 is 17.9 Å². The van der Waals surface area contributed by atoms with Gasteiger partial charge in [0.2, 0.25) is 0 Å². The quantitative estimate of drug-likeness (QED) is 0.0755. The molecule has 3 N–H and O–H groups in total. The Hall–Kier alpha value is -1.80. The second kappa shape index (κ2) is 22.4. The van der Waals surface area contributed by atoms with Crippen molar-refractivity contribution in [1.82, 2.24) is 0 Å². The predicted octanol–water partition coefficient (Wildman–Crippen LogP) is 4.58. The van der Waals surface area contributed by atoms with Gasteiger partial charge in [0.15, 0.2) is 5.90 Å². The molecule has 0 bridgehead atoms. The Morgan fingerprint density at radius 3 is 1.25 bits per heavy atom. The molecule has 0 atom stereocenters. The zero-order valence-corrected chi connectivity index (χ0v) is 19.6. The highest BCUT2D eigenvalue weighted by molar-refractivity contribution is 5.90. The van der Waals surface area contributed by atoms with Crippen LogP contribution in [-0.4, -0.2) is 47.2 Å². The number of carbonyl (C=O) groups excluding carboxylic acids is 3. The lowest BCUT2D eigenvalue weighted by Gasteiger charge is -2.06. The van der Waals surface area contributed by atoms with E-state index >= 15 is 0 Å². The summed E-state index contributed by atoms with van der Waals surface area (Å²) in [6.07, 6.45) is 13.4. The lowest BCUT2D eigenvalue weighted by molar-refractivity contribution is -0.159. The maximum Gasteiger partial charge on any atom is 0.313 e. The van der Waals surface area contributed by atoms with Gasteiger partial charge in [0.25, 0.3) is 0 Å².